The molecule has 1 atom stereocenters. The summed E-state index contributed by atoms with van der Waals surface area (Å²) in [5.74, 6) is -0.331. The van der Waals surface area contributed by atoms with Gasteiger partial charge in [-0.05, 0) is 43.2 Å². The van der Waals surface area contributed by atoms with Crippen molar-refractivity contribution in [2.45, 2.75) is 25.9 Å². The van der Waals surface area contributed by atoms with E-state index in [-0.39, 0.29) is 6.04 Å². The van der Waals surface area contributed by atoms with Crippen molar-refractivity contribution in [2.24, 2.45) is 4.99 Å². The fourth-order valence-electron chi connectivity index (χ4n) is 4.15. The van der Waals surface area contributed by atoms with Crippen LogP contribution in [-0.2, 0) is 11.3 Å². The first-order valence-corrected chi connectivity index (χ1v) is 11.3. The number of ether oxygens (including phenoxy) is 1. The fraction of sp³-hybridized carbons (Fsp3) is 0.458. The van der Waals surface area contributed by atoms with E-state index in [4.69, 9.17) is 9.73 Å². The molecule has 0 amide bonds. The Kier molecular flexibility index (Phi) is 7.42. The molecule has 172 valence electrons. The van der Waals surface area contributed by atoms with Crippen LogP contribution in [0.15, 0.2) is 47.5 Å². The number of nitrogens with zero attached hydrogens (tertiary/aromatic N) is 3. The summed E-state index contributed by atoms with van der Waals surface area (Å²) in [6.45, 7) is 8.10. The number of aliphatic imine (C=N–C) groups is 1. The molecule has 0 bridgehead atoms. The summed E-state index contributed by atoms with van der Waals surface area (Å²) in [6.07, 6.45) is 0.857. The first kappa shape index (κ1) is 22.3. The molecule has 0 aliphatic carbocycles. The average Bonchev–Trinajstić information content (AvgIpc) is 3.27. The Morgan fingerprint density at radius 1 is 1.06 bits per heavy atom. The third kappa shape index (κ3) is 5.68. The molecule has 2 aromatic rings. The number of hydrogen-bond acceptors (Lipinski definition) is 4. The van der Waals surface area contributed by atoms with Crippen LogP contribution in [0.2, 0.25) is 0 Å². The summed E-state index contributed by atoms with van der Waals surface area (Å²) < 4.78 is 32.7. The minimum Gasteiger partial charge on any atom is -0.378 e. The molecular formula is C24H31F2N5O. The third-order valence-corrected chi connectivity index (χ3v) is 5.86. The molecule has 0 radical (unpaired) electrons. The van der Waals surface area contributed by atoms with Crippen LogP contribution in [-0.4, -0.2) is 57.9 Å². The van der Waals surface area contributed by atoms with Crippen molar-refractivity contribution in [3.63, 3.8) is 0 Å². The Morgan fingerprint density at radius 2 is 1.84 bits per heavy atom. The smallest absolute Gasteiger partial charge is 0.191 e. The molecular weight excluding hydrogens is 412 g/mol. The van der Waals surface area contributed by atoms with Gasteiger partial charge in [0.25, 0.3) is 0 Å². The van der Waals surface area contributed by atoms with E-state index in [9.17, 15) is 8.78 Å². The van der Waals surface area contributed by atoms with Gasteiger partial charge in [-0.25, -0.2) is 13.8 Å². The first-order valence-electron chi connectivity index (χ1n) is 11.3. The number of hydrogen-bond donors (Lipinski definition) is 2. The largest absolute Gasteiger partial charge is 0.378 e. The van der Waals surface area contributed by atoms with Gasteiger partial charge in [0.2, 0.25) is 0 Å². The lowest BCUT2D eigenvalue weighted by Crippen LogP contribution is -2.44. The van der Waals surface area contributed by atoms with Crippen LogP contribution < -0.4 is 20.4 Å². The monoisotopic (exact) mass is 443 g/mol. The summed E-state index contributed by atoms with van der Waals surface area (Å²) in [5, 5.41) is 6.75. The molecule has 2 N–H and O–H groups in total. The minimum atomic E-state index is -0.556. The highest BCUT2D eigenvalue weighted by Gasteiger charge is 2.25. The number of rotatable bonds is 6. The molecule has 32 heavy (non-hydrogen) atoms. The zero-order valence-corrected chi connectivity index (χ0v) is 18.5. The van der Waals surface area contributed by atoms with Crippen molar-refractivity contribution in [1.29, 1.82) is 0 Å². The van der Waals surface area contributed by atoms with E-state index in [2.05, 4.69) is 39.8 Å². The van der Waals surface area contributed by atoms with Gasteiger partial charge in [-0.3, -0.25) is 0 Å². The van der Waals surface area contributed by atoms with E-state index in [1.165, 1.54) is 17.8 Å². The van der Waals surface area contributed by atoms with E-state index in [0.29, 0.717) is 25.3 Å². The summed E-state index contributed by atoms with van der Waals surface area (Å²) in [4.78, 5) is 9.01. The highest BCUT2D eigenvalue weighted by molar-refractivity contribution is 5.80. The molecule has 2 saturated heterocycles. The maximum Gasteiger partial charge on any atom is 0.191 e. The maximum absolute atomic E-state index is 14.1. The lowest BCUT2D eigenvalue weighted by Gasteiger charge is -2.28. The van der Waals surface area contributed by atoms with Gasteiger partial charge in [0.15, 0.2) is 5.96 Å². The molecule has 4 rings (SSSR count). The second kappa shape index (κ2) is 10.6. The average molecular weight is 444 g/mol. The molecule has 8 heteroatoms. The van der Waals surface area contributed by atoms with Crippen molar-refractivity contribution >= 4 is 17.3 Å². The molecule has 6 nitrogen and oxygen atoms in total. The number of benzene rings is 2. The Bertz CT molecular complexity index is 915. The van der Waals surface area contributed by atoms with Gasteiger partial charge in [-0.2, -0.15) is 0 Å². The molecule has 2 aromatic carbocycles. The number of anilines is 2. The third-order valence-electron chi connectivity index (χ3n) is 5.86. The summed E-state index contributed by atoms with van der Waals surface area (Å²) in [5.41, 5.74) is 2.80. The van der Waals surface area contributed by atoms with Crippen LogP contribution in [0.4, 0.5) is 20.2 Å². The van der Waals surface area contributed by atoms with Gasteiger partial charge in [0.05, 0.1) is 25.4 Å². The fourth-order valence-corrected chi connectivity index (χ4v) is 4.15. The summed E-state index contributed by atoms with van der Waals surface area (Å²) in [7, 11) is 0. The Hall–Kier alpha value is -2.87. The number of guanidine groups is 1. The lowest BCUT2D eigenvalue weighted by molar-refractivity contribution is 0.122. The maximum atomic E-state index is 14.1. The molecule has 1 unspecified atom stereocenters. The lowest BCUT2D eigenvalue weighted by atomic mass is 10.2. The van der Waals surface area contributed by atoms with Crippen LogP contribution in [0.5, 0.6) is 0 Å². The topological polar surface area (TPSA) is 52.1 Å². The van der Waals surface area contributed by atoms with Gasteiger partial charge >= 0.3 is 0 Å². The van der Waals surface area contributed by atoms with Crippen LogP contribution >= 0.6 is 0 Å². The highest BCUT2D eigenvalue weighted by Crippen LogP contribution is 2.24. The van der Waals surface area contributed by atoms with Crippen molar-refractivity contribution < 1.29 is 13.5 Å². The quantitative estimate of drug-likeness (QED) is 0.531. The molecule has 2 fully saturated rings. The van der Waals surface area contributed by atoms with Crippen molar-refractivity contribution in [1.82, 2.24) is 10.6 Å². The van der Waals surface area contributed by atoms with Crippen LogP contribution in [0.3, 0.4) is 0 Å². The van der Waals surface area contributed by atoms with Crippen LogP contribution in [0.1, 0.15) is 18.9 Å². The van der Waals surface area contributed by atoms with Gasteiger partial charge in [-0.1, -0.05) is 12.1 Å². The molecule has 2 aliphatic rings. The molecule has 0 aromatic heterocycles. The van der Waals surface area contributed by atoms with Gasteiger partial charge in [0, 0.05) is 50.5 Å². The van der Waals surface area contributed by atoms with E-state index in [1.807, 2.05) is 11.8 Å². The van der Waals surface area contributed by atoms with Crippen molar-refractivity contribution in [3.05, 3.63) is 59.7 Å². The molecule has 0 saturated carbocycles. The number of morpholine rings is 1. The summed E-state index contributed by atoms with van der Waals surface area (Å²) >= 11 is 0. The van der Waals surface area contributed by atoms with Crippen molar-refractivity contribution in [2.75, 3.05) is 55.7 Å². The minimum absolute atomic E-state index is 0.140. The van der Waals surface area contributed by atoms with Gasteiger partial charge in [0.1, 0.15) is 11.6 Å². The van der Waals surface area contributed by atoms with Gasteiger partial charge < -0.3 is 25.2 Å². The zero-order valence-electron chi connectivity index (χ0n) is 18.5. The number of nitrogens with one attached hydrogen (secondary N) is 2. The van der Waals surface area contributed by atoms with Gasteiger partial charge in [-0.15, -0.1) is 0 Å². The second-order valence-corrected chi connectivity index (χ2v) is 8.13. The molecule has 0 spiro atoms. The number of halogens is 2. The normalized spacial score (nSPS) is 19.3. The summed E-state index contributed by atoms with van der Waals surface area (Å²) in [6, 6.07) is 12.4. The van der Waals surface area contributed by atoms with E-state index in [1.54, 1.807) is 0 Å². The van der Waals surface area contributed by atoms with Crippen LogP contribution in [0.25, 0.3) is 0 Å². The predicted molar refractivity (Wildman–Crippen MR) is 124 cm³/mol. The predicted octanol–water partition coefficient (Wildman–Crippen LogP) is 3.14. The zero-order chi connectivity index (χ0) is 22.3. The SMILES string of the molecule is CCNC(=NCc1ccc(N2CCOCC2)cc1)NC1CCN(c2ccc(F)cc2F)C1. The van der Waals surface area contributed by atoms with E-state index >= 15 is 0 Å². The Balaban J connectivity index is 1.34. The molecule has 2 aliphatic heterocycles. The highest BCUT2D eigenvalue weighted by atomic mass is 19.1. The first-order chi connectivity index (χ1) is 15.6. The Morgan fingerprint density at radius 3 is 2.56 bits per heavy atom. The molecule has 2 heterocycles. The van der Waals surface area contributed by atoms with Crippen LogP contribution in [0, 0.1) is 11.6 Å². The van der Waals surface area contributed by atoms with E-state index in [0.717, 1.165) is 56.9 Å². The standard InChI is InChI=1S/C24H31F2N5O/c1-2-27-24(28-16-18-3-6-21(7-4-18)30-11-13-32-14-12-30)29-20-9-10-31(17-20)23-8-5-19(25)15-22(23)26/h3-8,15,20H,2,9-14,16-17H2,1H3,(H2,27,28,29). The van der Waals surface area contributed by atoms with E-state index < -0.39 is 11.6 Å². The second-order valence-electron chi connectivity index (χ2n) is 8.13. The Labute approximate surface area is 188 Å². The van der Waals surface area contributed by atoms with Crippen molar-refractivity contribution in [3.8, 4) is 0 Å².